The molecule has 0 radical (unpaired) electrons. The first-order valence-electron chi connectivity index (χ1n) is 11.2. The van der Waals surface area contributed by atoms with Gasteiger partial charge >= 0.3 is 0 Å². The van der Waals surface area contributed by atoms with Gasteiger partial charge in [-0.25, -0.2) is 0 Å². The Kier molecular flexibility index (Phi) is 6.63. The molecule has 2 heterocycles. The summed E-state index contributed by atoms with van der Waals surface area (Å²) in [6, 6.07) is 15.9. The van der Waals surface area contributed by atoms with E-state index in [4.69, 9.17) is 0 Å². The molecule has 3 aromatic rings. The maximum atomic E-state index is 12.9. The molecule has 0 spiro atoms. The van der Waals surface area contributed by atoms with Gasteiger partial charge in [-0.2, -0.15) is 0 Å². The SMILES string of the molecule is CC(C)C(NC(=O)c1ccccc1)C(=O)Nc1ccc(-c2nnc3n2CCCCC3)cc1. The monoisotopic (exact) mass is 431 g/mol. The van der Waals surface area contributed by atoms with E-state index >= 15 is 0 Å². The summed E-state index contributed by atoms with van der Waals surface area (Å²) in [4.78, 5) is 25.4. The Labute approximate surface area is 188 Å². The number of nitrogens with one attached hydrogen (secondary N) is 2. The Morgan fingerprint density at radius 2 is 1.69 bits per heavy atom. The summed E-state index contributed by atoms with van der Waals surface area (Å²) in [6.45, 7) is 4.76. The number of amides is 2. The highest BCUT2D eigenvalue weighted by Crippen LogP contribution is 2.24. The number of fused-ring (bicyclic) bond motifs is 1. The molecule has 0 aliphatic carbocycles. The summed E-state index contributed by atoms with van der Waals surface area (Å²) < 4.78 is 2.20. The maximum absolute atomic E-state index is 12.9. The molecule has 1 aliphatic rings. The zero-order valence-corrected chi connectivity index (χ0v) is 18.5. The molecule has 166 valence electrons. The van der Waals surface area contributed by atoms with E-state index < -0.39 is 6.04 Å². The molecule has 4 rings (SSSR count). The van der Waals surface area contributed by atoms with Crippen LogP contribution in [0, 0.1) is 5.92 Å². The van der Waals surface area contributed by atoms with Crippen LogP contribution in [0.1, 0.15) is 49.3 Å². The van der Waals surface area contributed by atoms with Gasteiger partial charge in [0.1, 0.15) is 11.9 Å². The van der Waals surface area contributed by atoms with Crippen molar-refractivity contribution in [2.45, 2.75) is 52.1 Å². The molecule has 7 nitrogen and oxygen atoms in total. The van der Waals surface area contributed by atoms with Gasteiger partial charge in [0.25, 0.3) is 5.91 Å². The number of nitrogens with zero attached hydrogens (tertiary/aromatic N) is 3. The van der Waals surface area contributed by atoms with Crippen LogP contribution in [0.2, 0.25) is 0 Å². The zero-order chi connectivity index (χ0) is 22.5. The minimum absolute atomic E-state index is 0.0617. The number of aromatic nitrogens is 3. The Hall–Kier alpha value is -3.48. The standard InChI is InChI=1S/C25H29N5O2/c1-17(2)22(27-24(31)19-9-5-3-6-10-19)25(32)26-20-14-12-18(13-15-20)23-29-28-21-11-7-4-8-16-30(21)23/h3,5-6,9-10,12-15,17,22H,4,7-8,11,16H2,1-2H3,(H,26,32)(H,27,31). The van der Waals surface area contributed by atoms with Gasteiger partial charge < -0.3 is 15.2 Å². The molecule has 0 saturated heterocycles. The summed E-state index contributed by atoms with van der Waals surface area (Å²) in [5.74, 6) is 1.35. The average Bonchev–Trinajstić information content (AvgIpc) is 3.06. The quantitative estimate of drug-likeness (QED) is 0.616. The van der Waals surface area contributed by atoms with Crippen molar-refractivity contribution in [1.29, 1.82) is 0 Å². The second-order valence-electron chi connectivity index (χ2n) is 8.53. The van der Waals surface area contributed by atoms with Crippen molar-refractivity contribution in [3.8, 4) is 11.4 Å². The third-order valence-corrected chi connectivity index (χ3v) is 5.79. The van der Waals surface area contributed by atoms with Crippen molar-refractivity contribution in [1.82, 2.24) is 20.1 Å². The van der Waals surface area contributed by atoms with Crippen LogP contribution in [0.4, 0.5) is 5.69 Å². The van der Waals surface area contributed by atoms with Crippen molar-refractivity contribution in [3.63, 3.8) is 0 Å². The number of hydrogen-bond acceptors (Lipinski definition) is 4. The van der Waals surface area contributed by atoms with E-state index in [1.54, 1.807) is 24.3 Å². The molecule has 0 fully saturated rings. The van der Waals surface area contributed by atoms with Gasteiger partial charge in [0.15, 0.2) is 5.82 Å². The molecule has 1 aliphatic heterocycles. The highest BCUT2D eigenvalue weighted by molar-refractivity contribution is 6.01. The molecule has 2 amide bonds. The third kappa shape index (κ3) is 4.88. The fourth-order valence-electron chi connectivity index (χ4n) is 3.97. The van der Waals surface area contributed by atoms with Gasteiger partial charge in [0, 0.05) is 29.8 Å². The summed E-state index contributed by atoms with van der Waals surface area (Å²) >= 11 is 0. The molecule has 1 unspecified atom stereocenters. The minimum Gasteiger partial charge on any atom is -0.340 e. The predicted molar refractivity (Wildman–Crippen MR) is 124 cm³/mol. The molecule has 2 aromatic carbocycles. The smallest absolute Gasteiger partial charge is 0.251 e. The highest BCUT2D eigenvalue weighted by atomic mass is 16.2. The number of anilines is 1. The number of aryl methyl sites for hydroxylation is 1. The van der Waals surface area contributed by atoms with Crippen molar-refractivity contribution < 1.29 is 9.59 Å². The maximum Gasteiger partial charge on any atom is 0.251 e. The van der Waals surface area contributed by atoms with Gasteiger partial charge in [0.05, 0.1) is 0 Å². The lowest BCUT2D eigenvalue weighted by molar-refractivity contribution is -0.118. The van der Waals surface area contributed by atoms with E-state index in [2.05, 4.69) is 25.4 Å². The number of rotatable bonds is 6. The van der Waals surface area contributed by atoms with Crippen LogP contribution >= 0.6 is 0 Å². The molecule has 0 bridgehead atoms. The van der Waals surface area contributed by atoms with Crippen LogP contribution in [0.15, 0.2) is 54.6 Å². The van der Waals surface area contributed by atoms with E-state index in [1.807, 2.05) is 44.2 Å². The Morgan fingerprint density at radius 1 is 0.938 bits per heavy atom. The Bertz CT molecular complexity index is 1070. The lowest BCUT2D eigenvalue weighted by Crippen LogP contribution is -2.47. The van der Waals surface area contributed by atoms with Crippen LogP contribution < -0.4 is 10.6 Å². The zero-order valence-electron chi connectivity index (χ0n) is 18.5. The number of hydrogen-bond donors (Lipinski definition) is 2. The molecular weight excluding hydrogens is 402 g/mol. The summed E-state index contributed by atoms with van der Waals surface area (Å²) in [7, 11) is 0. The summed E-state index contributed by atoms with van der Waals surface area (Å²) in [5.41, 5.74) is 2.18. The van der Waals surface area contributed by atoms with Crippen LogP contribution in [-0.2, 0) is 17.8 Å². The molecular formula is C25H29N5O2. The van der Waals surface area contributed by atoms with E-state index in [0.717, 1.165) is 43.0 Å². The van der Waals surface area contributed by atoms with Crippen molar-refractivity contribution in [2.24, 2.45) is 5.92 Å². The molecule has 1 atom stereocenters. The fourth-order valence-corrected chi connectivity index (χ4v) is 3.97. The van der Waals surface area contributed by atoms with Gasteiger partial charge in [-0.15, -0.1) is 10.2 Å². The topological polar surface area (TPSA) is 88.9 Å². The second kappa shape index (κ2) is 9.77. The lowest BCUT2D eigenvalue weighted by Gasteiger charge is -2.22. The number of benzene rings is 2. The van der Waals surface area contributed by atoms with Crippen LogP contribution in [-0.4, -0.2) is 32.6 Å². The minimum atomic E-state index is -0.644. The molecule has 1 aromatic heterocycles. The summed E-state index contributed by atoms with van der Waals surface area (Å²) in [6.07, 6.45) is 4.47. The largest absolute Gasteiger partial charge is 0.340 e. The number of carbonyl (C=O) groups excluding carboxylic acids is 2. The Morgan fingerprint density at radius 3 is 2.41 bits per heavy atom. The van der Waals surface area contributed by atoms with Gasteiger partial charge in [-0.3, -0.25) is 9.59 Å². The lowest BCUT2D eigenvalue weighted by atomic mass is 10.0. The third-order valence-electron chi connectivity index (χ3n) is 5.79. The van der Waals surface area contributed by atoms with E-state index in [1.165, 1.54) is 6.42 Å². The number of carbonyl (C=O) groups is 2. The van der Waals surface area contributed by atoms with Crippen molar-refractivity contribution in [2.75, 3.05) is 5.32 Å². The predicted octanol–water partition coefficient (Wildman–Crippen LogP) is 4.06. The Balaban J connectivity index is 1.44. The van der Waals surface area contributed by atoms with E-state index in [-0.39, 0.29) is 17.7 Å². The van der Waals surface area contributed by atoms with Gasteiger partial charge in [-0.1, -0.05) is 38.5 Å². The van der Waals surface area contributed by atoms with E-state index in [9.17, 15) is 9.59 Å². The van der Waals surface area contributed by atoms with Crippen molar-refractivity contribution in [3.05, 3.63) is 66.0 Å². The van der Waals surface area contributed by atoms with Crippen LogP contribution in [0.5, 0.6) is 0 Å². The van der Waals surface area contributed by atoms with E-state index in [0.29, 0.717) is 11.3 Å². The highest BCUT2D eigenvalue weighted by Gasteiger charge is 2.25. The summed E-state index contributed by atoms with van der Waals surface area (Å²) in [5, 5.41) is 14.5. The van der Waals surface area contributed by atoms with Gasteiger partial charge in [0.2, 0.25) is 5.91 Å². The van der Waals surface area contributed by atoms with Gasteiger partial charge in [-0.05, 0) is 55.2 Å². The molecule has 0 saturated carbocycles. The fraction of sp³-hybridized carbons (Fsp3) is 0.360. The average molecular weight is 432 g/mol. The molecule has 2 N–H and O–H groups in total. The normalized spacial score (nSPS) is 14.3. The first-order chi connectivity index (χ1) is 15.5. The molecule has 7 heteroatoms. The van der Waals surface area contributed by atoms with Crippen LogP contribution in [0.3, 0.4) is 0 Å². The van der Waals surface area contributed by atoms with Crippen LogP contribution in [0.25, 0.3) is 11.4 Å². The second-order valence-corrected chi connectivity index (χ2v) is 8.53. The first-order valence-corrected chi connectivity index (χ1v) is 11.2. The first kappa shape index (κ1) is 21.7. The van der Waals surface area contributed by atoms with Crippen molar-refractivity contribution >= 4 is 17.5 Å². The molecule has 32 heavy (non-hydrogen) atoms.